The Morgan fingerprint density at radius 2 is 1.82 bits per heavy atom. The second-order valence-corrected chi connectivity index (χ2v) is 3.30. The molecule has 17 heavy (non-hydrogen) atoms. The minimum atomic E-state index is -0.466. The summed E-state index contributed by atoms with van der Waals surface area (Å²) in [6.45, 7) is 5.81. The van der Waals surface area contributed by atoms with E-state index in [0.717, 1.165) is 16.5 Å². The van der Waals surface area contributed by atoms with E-state index in [2.05, 4.69) is 10.2 Å². The molecule has 1 aromatic carbocycles. The molecule has 4 N–H and O–H groups in total. The van der Waals surface area contributed by atoms with Crippen molar-refractivity contribution in [1.29, 1.82) is 0 Å². The Morgan fingerprint density at radius 3 is 2.41 bits per heavy atom. The molecule has 0 saturated carbocycles. The van der Waals surface area contributed by atoms with Crippen LogP contribution in [0.25, 0.3) is 10.8 Å². The quantitative estimate of drug-likeness (QED) is 0.781. The van der Waals surface area contributed by atoms with Gasteiger partial charge in [0.05, 0.1) is 5.69 Å². The van der Waals surface area contributed by atoms with E-state index >= 15 is 0 Å². The molecular weight excluding hydrogens is 216 g/mol. The maximum atomic E-state index is 11.0. The van der Waals surface area contributed by atoms with Gasteiger partial charge in [0.25, 0.3) is 0 Å². The van der Waals surface area contributed by atoms with Crippen LogP contribution in [0.5, 0.6) is 0 Å². The van der Waals surface area contributed by atoms with Crippen LogP contribution in [0, 0.1) is 6.92 Å². The molecule has 2 aromatic rings. The Bertz CT molecular complexity index is 551. The van der Waals surface area contributed by atoms with E-state index in [1.54, 1.807) is 25.1 Å². The summed E-state index contributed by atoms with van der Waals surface area (Å²) >= 11 is 0. The number of carbonyl (C=O) groups is 1. The molecule has 0 radical (unpaired) electrons. The number of nitrogens with zero attached hydrogens (tertiary/aromatic N) is 2. The highest BCUT2D eigenvalue weighted by atomic mass is 16.1. The summed E-state index contributed by atoms with van der Waals surface area (Å²) < 4.78 is 0. The lowest BCUT2D eigenvalue weighted by Crippen LogP contribution is -2.11. The third-order valence-corrected chi connectivity index (χ3v) is 2.28. The van der Waals surface area contributed by atoms with Crippen molar-refractivity contribution in [3.63, 3.8) is 0 Å². The number of fused-ring (bicyclic) bond motifs is 1. The van der Waals surface area contributed by atoms with Crippen molar-refractivity contribution in [3.8, 4) is 0 Å². The van der Waals surface area contributed by atoms with Gasteiger partial charge >= 0.3 is 0 Å². The Kier molecular flexibility index (Phi) is 3.98. The molecule has 0 fully saturated rings. The number of aromatic nitrogens is 2. The largest absolute Gasteiger partial charge is 0.382 e. The van der Waals surface area contributed by atoms with E-state index in [4.69, 9.17) is 11.5 Å². The average molecular weight is 232 g/mol. The lowest BCUT2D eigenvalue weighted by atomic mass is 10.1. The van der Waals surface area contributed by atoms with Crippen molar-refractivity contribution in [1.82, 2.24) is 10.2 Å². The second kappa shape index (κ2) is 5.25. The molecular formula is C12H16N4O. The summed E-state index contributed by atoms with van der Waals surface area (Å²) in [5.74, 6) is -0.113. The SMILES string of the molecule is CC.Cc1nnc(N)c2ccc(C(N)=O)cc12. The van der Waals surface area contributed by atoms with Crippen LogP contribution in [0.2, 0.25) is 0 Å². The molecule has 5 heteroatoms. The fraction of sp³-hybridized carbons (Fsp3) is 0.250. The summed E-state index contributed by atoms with van der Waals surface area (Å²) in [5, 5.41) is 9.26. The Hall–Kier alpha value is -2.17. The Labute approximate surface area is 99.8 Å². The minimum absolute atomic E-state index is 0.353. The summed E-state index contributed by atoms with van der Waals surface area (Å²) in [6.07, 6.45) is 0. The minimum Gasteiger partial charge on any atom is -0.382 e. The summed E-state index contributed by atoms with van der Waals surface area (Å²) in [4.78, 5) is 11.0. The number of aryl methyl sites for hydroxylation is 1. The first kappa shape index (κ1) is 12.9. The van der Waals surface area contributed by atoms with E-state index in [1.807, 2.05) is 13.8 Å². The van der Waals surface area contributed by atoms with Gasteiger partial charge in [-0.05, 0) is 25.1 Å². The lowest BCUT2D eigenvalue weighted by molar-refractivity contribution is 0.100. The molecule has 5 nitrogen and oxygen atoms in total. The number of carbonyl (C=O) groups excluding carboxylic acids is 1. The van der Waals surface area contributed by atoms with E-state index < -0.39 is 5.91 Å². The molecule has 2 rings (SSSR count). The smallest absolute Gasteiger partial charge is 0.248 e. The van der Waals surface area contributed by atoms with Gasteiger partial charge in [0.2, 0.25) is 5.91 Å². The number of hydrogen-bond acceptors (Lipinski definition) is 4. The highest BCUT2D eigenvalue weighted by Crippen LogP contribution is 2.21. The first-order chi connectivity index (χ1) is 8.09. The molecule has 0 bridgehead atoms. The molecule has 0 aliphatic heterocycles. The van der Waals surface area contributed by atoms with Crippen LogP contribution in [0.15, 0.2) is 18.2 Å². The van der Waals surface area contributed by atoms with Gasteiger partial charge in [-0.15, -0.1) is 5.10 Å². The van der Waals surface area contributed by atoms with E-state index in [0.29, 0.717) is 11.4 Å². The fourth-order valence-corrected chi connectivity index (χ4v) is 1.46. The van der Waals surface area contributed by atoms with E-state index in [9.17, 15) is 4.79 Å². The van der Waals surface area contributed by atoms with Gasteiger partial charge < -0.3 is 11.5 Å². The third-order valence-electron chi connectivity index (χ3n) is 2.28. The van der Waals surface area contributed by atoms with Crippen LogP contribution in [0.3, 0.4) is 0 Å². The predicted molar refractivity (Wildman–Crippen MR) is 68.6 cm³/mol. The number of primary amides is 1. The van der Waals surface area contributed by atoms with Crippen molar-refractivity contribution in [2.75, 3.05) is 5.73 Å². The fourth-order valence-electron chi connectivity index (χ4n) is 1.46. The van der Waals surface area contributed by atoms with Crippen LogP contribution in [0.1, 0.15) is 29.9 Å². The molecule has 0 unspecified atom stereocenters. The first-order valence-electron chi connectivity index (χ1n) is 5.42. The normalized spacial score (nSPS) is 9.59. The Balaban J connectivity index is 0.000000686. The molecule has 1 amide bonds. The zero-order valence-electron chi connectivity index (χ0n) is 10.2. The topological polar surface area (TPSA) is 94.9 Å². The van der Waals surface area contributed by atoms with Crippen molar-refractivity contribution in [2.24, 2.45) is 5.73 Å². The number of anilines is 1. The second-order valence-electron chi connectivity index (χ2n) is 3.30. The Morgan fingerprint density at radius 1 is 1.18 bits per heavy atom. The molecule has 1 heterocycles. The van der Waals surface area contributed by atoms with E-state index in [1.165, 1.54) is 0 Å². The predicted octanol–water partition coefficient (Wildman–Crippen LogP) is 1.65. The zero-order chi connectivity index (χ0) is 13.0. The van der Waals surface area contributed by atoms with Crippen molar-refractivity contribution in [2.45, 2.75) is 20.8 Å². The van der Waals surface area contributed by atoms with Gasteiger partial charge in [0.15, 0.2) is 5.82 Å². The summed E-state index contributed by atoms with van der Waals surface area (Å²) in [5.41, 5.74) is 12.0. The van der Waals surface area contributed by atoms with Crippen LogP contribution in [-0.4, -0.2) is 16.1 Å². The molecule has 0 aliphatic rings. The molecule has 1 aromatic heterocycles. The first-order valence-corrected chi connectivity index (χ1v) is 5.42. The van der Waals surface area contributed by atoms with Crippen molar-refractivity contribution in [3.05, 3.63) is 29.5 Å². The van der Waals surface area contributed by atoms with Crippen molar-refractivity contribution < 1.29 is 4.79 Å². The summed E-state index contributed by atoms with van der Waals surface area (Å²) in [7, 11) is 0. The highest BCUT2D eigenvalue weighted by Gasteiger charge is 2.07. The summed E-state index contributed by atoms with van der Waals surface area (Å²) in [6, 6.07) is 5.03. The molecule has 90 valence electrons. The molecule has 0 spiro atoms. The maximum Gasteiger partial charge on any atom is 0.248 e. The number of hydrogen-bond donors (Lipinski definition) is 2. The van der Waals surface area contributed by atoms with Crippen LogP contribution in [-0.2, 0) is 0 Å². The number of rotatable bonds is 1. The van der Waals surface area contributed by atoms with Gasteiger partial charge in [0, 0.05) is 16.3 Å². The van der Waals surface area contributed by atoms with Gasteiger partial charge in [-0.2, -0.15) is 5.10 Å². The average Bonchev–Trinajstić information content (AvgIpc) is 2.36. The third kappa shape index (κ3) is 2.50. The standard InChI is InChI=1S/C10H10N4O.C2H6/c1-5-8-4-6(10(12)15)2-3-7(8)9(11)14-13-5;1-2/h2-4H,1H3,(H2,11,14)(H2,12,15);1-2H3. The maximum absolute atomic E-state index is 11.0. The van der Waals surface area contributed by atoms with Crippen LogP contribution >= 0.6 is 0 Å². The zero-order valence-corrected chi connectivity index (χ0v) is 10.2. The molecule has 0 aliphatic carbocycles. The van der Waals surface area contributed by atoms with Gasteiger partial charge in [-0.3, -0.25) is 4.79 Å². The van der Waals surface area contributed by atoms with E-state index in [-0.39, 0.29) is 0 Å². The van der Waals surface area contributed by atoms with Gasteiger partial charge in [-0.1, -0.05) is 13.8 Å². The monoisotopic (exact) mass is 232 g/mol. The van der Waals surface area contributed by atoms with Gasteiger partial charge in [-0.25, -0.2) is 0 Å². The molecule has 0 atom stereocenters. The lowest BCUT2D eigenvalue weighted by Gasteiger charge is -2.04. The number of amides is 1. The highest BCUT2D eigenvalue weighted by molar-refractivity contribution is 6.00. The van der Waals surface area contributed by atoms with Crippen LogP contribution < -0.4 is 11.5 Å². The van der Waals surface area contributed by atoms with Gasteiger partial charge in [0.1, 0.15) is 0 Å². The number of nitrogen functional groups attached to an aromatic ring is 1. The van der Waals surface area contributed by atoms with Crippen molar-refractivity contribution >= 4 is 22.5 Å². The number of benzene rings is 1. The van der Waals surface area contributed by atoms with Crippen LogP contribution in [0.4, 0.5) is 5.82 Å². The number of nitrogens with two attached hydrogens (primary N) is 2. The molecule has 0 saturated heterocycles.